The van der Waals surface area contributed by atoms with E-state index in [1.165, 1.54) is 0 Å². The zero-order valence-corrected chi connectivity index (χ0v) is 16.4. The van der Waals surface area contributed by atoms with Crippen LogP contribution in [0.25, 0.3) is 0 Å². The summed E-state index contributed by atoms with van der Waals surface area (Å²) in [7, 11) is 0. The van der Waals surface area contributed by atoms with Crippen molar-refractivity contribution in [3.63, 3.8) is 0 Å². The third-order valence-corrected chi connectivity index (χ3v) is 3.29. The van der Waals surface area contributed by atoms with Crippen LogP contribution >= 0.6 is 0 Å². The summed E-state index contributed by atoms with van der Waals surface area (Å²) in [5, 5.41) is 20.2. The Kier molecular flexibility index (Phi) is 14.0. The zero-order chi connectivity index (χ0) is 19.2. The van der Waals surface area contributed by atoms with Crippen LogP contribution in [-0.4, -0.2) is 66.8 Å². The van der Waals surface area contributed by atoms with Gasteiger partial charge in [0.15, 0.2) is 0 Å². The molecule has 4 atom stereocenters. The molecule has 6 nitrogen and oxygen atoms in total. The van der Waals surface area contributed by atoms with Gasteiger partial charge in [-0.25, -0.2) is 0 Å². The summed E-state index contributed by atoms with van der Waals surface area (Å²) >= 11 is 0. The topological polar surface area (TPSA) is 77.4 Å². The predicted molar refractivity (Wildman–Crippen MR) is 98.4 cm³/mol. The first-order valence-electron chi connectivity index (χ1n) is 8.89. The van der Waals surface area contributed by atoms with Crippen molar-refractivity contribution in [3.05, 3.63) is 24.3 Å². The molecule has 0 heterocycles. The van der Waals surface area contributed by atoms with Gasteiger partial charge < -0.3 is 29.2 Å². The fourth-order valence-electron chi connectivity index (χ4n) is 1.92. The molecule has 0 aliphatic carbocycles. The van der Waals surface area contributed by atoms with Crippen LogP contribution in [0.1, 0.15) is 41.5 Å². The van der Waals surface area contributed by atoms with Crippen molar-refractivity contribution in [2.75, 3.05) is 20.0 Å². The second-order valence-corrected chi connectivity index (χ2v) is 6.33. The highest BCUT2D eigenvalue weighted by Gasteiger charge is 2.22. The second kappa shape index (κ2) is 14.4. The second-order valence-electron chi connectivity index (χ2n) is 6.33. The first-order chi connectivity index (χ1) is 11.8. The Morgan fingerprint density at radius 2 is 1.04 bits per heavy atom. The Bertz CT molecular complexity index is 333. The molecule has 0 bridgehead atoms. The van der Waals surface area contributed by atoms with E-state index in [4.69, 9.17) is 18.9 Å². The Balaban J connectivity index is 4.62. The normalized spacial score (nSPS) is 17.7. The van der Waals surface area contributed by atoms with Gasteiger partial charge in [0, 0.05) is 0 Å². The Morgan fingerprint density at radius 3 is 1.32 bits per heavy atom. The predicted octanol–water partition coefficient (Wildman–Crippen LogP) is 2.44. The highest BCUT2D eigenvalue weighted by molar-refractivity contribution is 4.91. The molecular formula is C19H36O6. The number of ether oxygens (including phenoxy) is 4. The van der Waals surface area contributed by atoms with E-state index in [2.05, 4.69) is 0 Å². The third-order valence-electron chi connectivity index (χ3n) is 3.29. The van der Waals surface area contributed by atoms with Crippen LogP contribution in [0.15, 0.2) is 24.3 Å². The van der Waals surface area contributed by atoms with Gasteiger partial charge in [-0.1, -0.05) is 24.3 Å². The molecular weight excluding hydrogens is 324 g/mol. The number of rotatable bonds is 14. The van der Waals surface area contributed by atoms with E-state index in [1.807, 2.05) is 41.5 Å². The van der Waals surface area contributed by atoms with Crippen LogP contribution in [0, 0.1) is 0 Å². The third kappa shape index (κ3) is 12.3. The molecule has 2 N–H and O–H groups in total. The van der Waals surface area contributed by atoms with Gasteiger partial charge in [-0.2, -0.15) is 0 Å². The van der Waals surface area contributed by atoms with Crippen LogP contribution in [0.4, 0.5) is 0 Å². The van der Waals surface area contributed by atoms with Crippen molar-refractivity contribution in [1.82, 2.24) is 0 Å². The number of hydrogen-bond donors (Lipinski definition) is 2. The SMILES string of the molecule is CC=CC(O)C(COC(C)C)OCOC(COC(C)C)C(O)C=CC. The van der Waals surface area contributed by atoms with Gasteiger partial charge in [0.2, 0.25) is 0 Å². The standard InChI is InChI=1S/C19H36O6/c1-7-9-16(20)18(11-22-14(3)4)24-13-25-19(12-23-15(5)6)17(21)10-8-2/h7-10,14-21H,11-13H2,1-6H3. The molecule has 0 radical (unpaired) electrons. The van der Waals surface area contributed by atoms with Crippen LogP contribution in [0.3, 0.4) is 0 Å². The largest absolute Gasteiger partial charge is 0.386 e. The Hall–Kier alpha value is -0.760. The van der Waals surface area contributed by atoms with Gasteiger partial charge in [-0.05, 0) is 41.5 Å². The average molecular weight is 360 g/mol. The number of allylic oxidation sites excluding steroid dienone is 2. The maximum atomic E-state index is 10.1. The summed E-state index contributed by atoms with van der Waals surface area (Å²) in [6, 6.07) is 0. The van der Waals surface area contributed by atoms with Gasteiger partial charge >= 0.3 is 0 Å². The van der Waals surface area contributed by atoms with Gasteiger partial charge in [0.05, 0.1) is 25.4 Å². The Labute approximate surface area is 152 Å². The van der Waals surface area contributed by atoms with Gasteiger partial charge in [-0.3, -0.25) is 0 Å². The highest BCUT2D eigenvalue weighted by atomic mass is 16.7. The van der Waals surface area contributed by atoms with E-state index in [1.54, 1.807) is 24.3 Å². The first kappa shape index (κ1) is 24.2. The summed E-state index contributed by atoms with van der Waals surface area (Å²) in [4.78, 5) is 0. The molecule has 6 heteroatoms. The molecule has 0 aromatic heterocycles. The Morgan fingerprint density at radius 1 is 0.680 bits per heavy atom. The summed E-state index contributed by atoms with van der Waals surface area (Å²) in [5.74, 6) is 0. The van der Waals surface area contributed by atoms with Gasteiger partial charge in [0.1, 0.15) is 31.2 Å². The fraction of sp³-hybridized carbons (Fsp3) is 0.789. The van der Waals surface area contributed by atoms with Crippen LogP contribution in [0.2, 0.25) is 0 Å². The average Bonchev–Trinajstić information content (AvgIpc) is 2.53. The molecule has 0 saturated carbocycles. The molecule has 0 rings (SSSR count). The van der Waals surface area contributed by atoms with E-state index in [0.717, 1.165) is 0 Å². The van der Waals surface area contributed by atoms with Crippen molar-refractivity contribution in [1.29, 1.82) is 0 Å². The number of hydrogen-bond acceptors (Lipinski definition) is 6. The van der Waals surface area contributed by atoms with E-state index in [9.17, 15) is 10.2 Å². The quantitative estimate of drug-likeness (QED) is 0.366. The van der Waals surface area contributed by atoms with Crippen molar-refractivity contribution in [2.24, 2.45) is 0 Å². The summed E-state index contributed by atoms with van der Waals surface area (Å²) < 4.78 is 22.3. The molecule has 148 valence electrons. The minimum atomic E-state index is -0.793. The number of aliphatic hydroxyl groups is 2. The number of aliphatic hydroxyl groups excluding tert-OH is 2. The molecule has 25 heavy (non-hydrogen) atoms. The van der Waals surface area contributed by atoms with E-state index < -0.39 is 24.4 Å². The summed E-state index contributed by atoms with van der Waals surface area (Å²) in [6.07, 6.45) is 4.18. The zero-order valence-electron chi connectivity index (χ0n) is 16.4. The summed E-state index contributed by atoms with van der Waals surface area (Å²) in [5.41, 5.74) is 0. The van der Waals surface area contributed by atoms with Crippen molar-refractivity contribution in [2.45, 2.75) is 78.2 Å². The maximum absolute atomic E-state index is 10.1. The molecule has 4 unspecified atom stereocenters. The lowest BCUT2D eigenvalue weighted by Crippen LogP contribution is -2.37. The smallest absolute Gasteiger partial charge is 0.148 e. The van der Waals surface area contributed by atoms with Gasteiger partial charge in [0.25, 0.3) is 0 Å². The van der Waals surface area contributed by atoms with Crippen LogP contribution < -0.4 is 0 Å². The molecule has 0 aliphatic heterocycles. The van der Waals surface area contributed by atoms with Gasteiger partial charge in [-0.15, -0.1) is 0 Å². The first-order valence-corrected chi connectivity index (χ1v) is 8.89. The van der Waals surface area contributed by atoms with E-state index in [-0.39, 0.29) is 32.2 Å². The van der Waals surface area contributed by atoms with Crippen molar-refractivity contribution >= 4 is 0 Å². The van der Waals surface area contributed by atoms with E-state index in [0.29, 0.717) is 0 Å². The lowest BCUT2D eigenvalue weighted by atomic mass is 10.2. The molecule has 0 spiro atoms. The highest BCUT2D eigenvalue weighted by Crippen LogP contribution is 2.09. The molecule has 0 aliphatic rings. The summed E-state index contributed by atoms with van der Waals surface area (Å²) in [6.45, 7) is 11.7. The van der Waals surface area contributed by atoms with Crippen LogP contribution in [0.5, 0.6) is 0 Å². The molecule has 0 saturated heterocycles. The fourth-order valence-corrected chi connectivity index (χ4v) is 1.92. The molecule has 0 aromatic carbocycles. The van der Waals surface area contributed by atoms with E-state index >= 15 is 0 Å². The van der Waals surface area contributed by atoms with Crippen LogP contribution in [-0.2, 0) is 18.9 Å². The van der Waals surface area contributed by atoms with Crippen molar-refractivity contribution < 1.29 is 29.2 Å². The lowest BCUT2D eigenvalue weighted by molar-refractivity contribution is -0.180. The molecule has 0 fully saturated rings. The molecule has 0 amide bonds. The minimum Gasteiger partial charge on any atom is -0.386 e. The maximum Gasteiger partial charge on any atom is 0.148 e. The molecule has 0 aromatic rings. The monoisotopic (exact) mass is 360 g/mol. The lowest BCUT2D eigenvalue weighted by Gasteiger charge is -2.26. The minimum absolute atomic E-state index is 0.0357. The van der Waals surface area contributed by atoms with Crippen molar-refractivity contribution in [3.8, 4) is 0 Å².